The van der Waals surface area contributed by atoms with Crippen LogP contribution in [0.3, 0.4) is 0 Å². The summed E-state index contributed by atoms with van der Waals surface area (Å²) in [4.78, 5) is 10.6. The van der Waals surface area contributed by atoms with Crippen LogP contribution in [-0.4, -0.2) is 22.8 Å². The third kappa shape index (κ3) is 2.29. The molecule has 0 aliphatic carbocycles. The fourth-order valence-electron chi connectivity index (χ4n) is 2.03. The van der Waals surface area contributed by atoms with Crippen molar-refractivity contribution in [2.24, 2.45) is 7.05 Å². The largest absolute Gasteiger partial charge is 0.495 e. The molecule has 2 aromatic rings. The van der Waals surface area contributed by atoms with Crippen LogP contribution in [0.25, 0.3) is 10.9 Å². The second kappa shape index (κ2) is 4.90. The molecule has 0 atom stereocenters. The number of hydrogen-bond donors (Lipinski definition) is 1. The number of aromatic nitrogens is 1. The van der Waals surface area contributed by atoms with Crippen molar-refractivity contribution in [2.45, 2.75) is 12.8 Å². The number of halogens is 1. The summed E-state index contributed by atoms with van der Waals surface area (Å²) in [7, 11) is 3.48. The SMILES string of the molecule is COc1cc2cc(CCC(=O)O)n(C)c2cc1Cl. The molecule has 0 fully saturated rings. The molecule has 5 heteroatoms. The van der Waals surface area contributed by atoms with Crippen LogP contribution >= 0.6 is 11.6 Å². The molecule has 0 radical (unpaired) electrons. The summed E-state index contributed by atoms with van der Waals surface area (Å²) in [5.74, 6) is -0.171. The van der Waals surface area contributed by atoms with Gasteiger partial charge in [-0.3, -0.25) is 4.79 Å². The summed E-state index contributed by atoms with van der Waals surface area (Å²) in [6, 6.07) is 5.67. The van der Waals surface area contributed by atoms with Crippen molar-refractivity contribution in [2.75, 3.05) is 7.11 Å². The molecule has 0 bridgehead atoms. The molecule has 1 N–H and O–H groups in total. The Balaban J connectivity index is 2.45. The van der Waals surface area contributed by atoms with Gasteiger partial charge in [0.1, 0.15) is 5.75 Å². The molecule has 4 nitrogen and oxygen atoms in total. The number of hydrogen-bond acceptors (Lipinski definition) is 2. The number of aliphatic carboxylic acids is 1. The maximum Gasteiger partial charge on any atom is 0.303 e. The molecule has 1 aromatic heterocycles. The van der Waals surface area contributed by atoms with Crippen LogP contribution in [0.2, 0.25) is 5.02 Å². The summed E-state index contributed by atoms with van der Waals surface area (Å²) in [5.41, 5.74) is 1.94. The van der Waals surface area contributed by atoms with Crippen molar-refractivity contribution in [1.82, 2.24) is 4.57 Å². The van der Waals surface area contributed by atoms with Crippen LogP contribution < -0.4 is 4.74 Å². The maximum atomic E-state index is 10.6. The third-order valence-corrected chi connectivity index (χ3v) is 3.31. The minimum atomic E-state index is -0.795. The highest BCUT2D eigenvalue weighted by Gasteiger charge is 2.10. The summed E-state index contributed by atoms with van der Waals surface area (Å²) >= 11 is 6.08. The van der Waals surface area contributed by atoms with Crippen LogP contribution in [0.15, 0.2) is 18.2 Å². The second-order valence-corrected chi connectivity index (χ2v) is 4.54. The van der Waals surface area contributed by atoms with Gasteiger partial charge in [0.25, 0.3) is 0 Å². The summed E-state index contributed by atoms with van der Waals surface area (Å²) in [6.07, 6.45) is 0.621. The van der Waals surface area contributed by atoms with E-state index in [1.165, 1.54) is 0 Å². The molecule has 0 amide bonds. The molecule has 18 heavy (non-hydrogen) atoms. The van der Waals surface area contributed by atoms with E-state index in [2.05, 4.69) is 0 Å². The fraction of sp³-hybridized carbons (Fsp3) is 0.308. The molecule has 0 saturated carbocycles. The molecule has 2 rings (SSSR count). The third-order valence-electron chi connectivity index (χ3n) is 3.01. The summed E-state index contributed by atoms with van der Waals surface area (Å²) in [5, 5.41) is 10.3. The highest BCUT2D eigenvalue weighted by atomic mass is 35.5. The number of methoxy groups -OCH3 is 1. The molecular formula is C13H14ClNO3. The predicted octanol–water partition coefficient (Wildman–Crippen LogP) is 2.86. The molecule has 0 unspecified atom stereocenters. The number of fused-ring (bicyclic) bond motifs is 1. The number of carboxylic acids is 1. The fourth-order valence-corrected chi connectivity index (χ4v) is 2.26. The van der Waals surface area contributed by atoms with E-state index in [1.807, 2.05) is 29.8 Å². The van der Waals surface area contributed by atoms with E-state index in [0.717, 1.165) is 16.6 Å². The van der Waals surface area contributed by atoms with Gasteiger partial charge in [0.15, 0.2) is 0 Å². The lowest BCUT2D eigenvalue weighted by Crippen LogP contribution is -2.01. The van der Waals surface area contributed by atoms with Gasteiger partial charge >= 0.3 is 5.97 Å². The van der Waals surface area contributed by atoms with Gasteiger partial charge < -0.3 is 14.4 Å². The Morgan fingerprint density at radius 3 is 2.78 bits per heavy atom. The Morgan fingerprint density at radius 2 is 2.17 bits per heavy atom. The normalized spacial score (nSPS) is 10.8. The average molecular weight is 268 g/mol. The zero-order valence-electron chi connectivity index (χ0n) is 10.2. The van der Waals surface area contributed by atoms with E-state index in [1.54, 1.807) is 7.11 Å². The number of nitrogens with zero attached hydrogens (tertiary/aromatic N) is 1. The van der Waals surface area contributed by atoms with E-state index in [0.29, 0.717) is 17.2 Å². The Morgan fingerprint density at radius 1 is 1.44 bits per heavy atom. The van der Waals surface area contributed by atoms with E-state index >= 15 is 0 Å². The van der Waals surface area contributed by atoms with Crippen LogP contribution in [-0.2, 0) is 18.3 Å². The smallest absolute Gasteiger partial charge is 0.303 e. The molecule has 96 valence electrons. The average Bonchev–Trinajstić information content (AvgIpc) is 2.63. The number of ether oxygens (including phenoxy) is 1. The van der Waals surface area contributed by atoms with Gasteiger partial charge in [0, 0.05) is 23.6 Å². The number of aryl methyl sites for hydroxylation is 2. The van der Waals surface area contributed by atoms with Gasteiger partial charge in [0.2, 0.25) is 0 Å². The first-order chi connectivity index (χ1) is 8.52. The van der Waals surface area contributed by atoms with E-state index in [4.69, 9.17) is 21.4 Å². The van der Waals surface area contributed by atoms with Crippen LogP contribution in [0.1, 0.15) is 12.1 Å². The van der Waals surface area contributed by atoms with Crippen molar-refractivity contribution in [3.05, 3.63) is 28.9 Å². The van der Waals surface area contributed by atoms with Gasteiger partial charge in [-0.1, -0.05) is 11.6 Å². The van der Waals surface area contributed by atoms with Gasteiger partial charge in [-0.15, -0.1) is 0 Å². The topological polar surface area (TPSA) is 51.5 Å². The van der Waals surface area contributed by atoms with Crippen LogP contribution in [0, 0.1) is 0 Å². The lowest BCUT2D eigenvalue weighted by atomic mass is 10.2. The molecule has 0 aliphatic rings. The zero-order chi connectivity index (χ0) is 13.3. The highest BCUT2D eigenvalue weighted by Crippen LogP contribution is 2.31. The lowest BCUT2D eigenvalue weighted by Gasteiger charge is -2.05. The van der Waals surface area contributed by atoms with Crippen molar-refractivity contribution >= 4 is 28.5 Å². The zero-order valence-corrected chi connectivity index (χ0v) is 11.0. The van der Waals surface area contributed by atoms with E-state index < -0.39 is 5.97 Å². The predicted molar refractivity (Wildman–Crippen MR) is 70.4 cm³/mol. The van der Waals surface area contributed by atoms with Gasteiger partial charge in [-0.05, 0) is 24.6 Å². The number of carbonyl (C=O) groups is 1. The van der Waals surface area contributed by atoms with Crippen molar-refractivity contribution in [3.8, 4) is 5.75 Å². The quantitative estimate of drug-likeness (QED) is 0.927. The van der Waals surface area contributed by atoms with Crippen molar-refractivity contribution in [1.29, 1.82) is 0 Å². The van der Waals surface area contributed by atoms with E-state index in [9.17, 15) is 4.79 Å². The molecule has 0 aliphatic heterocycles. The van der Waals surface area contributed by atoms with Gasteiger partial charge in [0.05, 0.1) is 18.6 Å². The maximum absolute atomic E-state index is 10.6. The minimum Gasteiger partial charge on any atom is -0.495 e. The van der Waals surface area contributed by atoms with Crippen LogP contribution in [0.4, 0.5) is 0 Å². The second-order valence-electron chi connectivity index (χ2n) is 4.13. The monoisotopic (exact) mass is 267 g/mol. The minimum absolute atomic E-state index is 0.120. The summed E-state index contributed by atoms with van der Waals surface area (Å²) in [6.45, 7) is 0. The van der Waals surface area contributed by atoms with E-state index in [-0.39, 0.29) is 6.42 Å². The molecular weight excluding hydrogens is 254 g/mol. The number of benzene rings is 1. The molecule has 1 heterocycles. The Kier molecular flexibility index (Phi) is 3.48. The molecule has 0 spiro atoms. The Hall–Kier alpha value is -1.68. The highest BCUT2D eigenvalue weighted by molar-refractivity contribution is 6.32. The first-order valence-corrected chi connectivity index (χ1v) is 5.94. The Bertz CT molecular complexity index is 604. The van der Waals surface area contributed by atoms with Gasteiger partial charge in [-0.25, -0.2) is 0 Å². The van der Waals surface area contributed by atoms with Gasteiger partial charge in [-0.2, -0.15) is 0 Å². The Labute approximate surface area is 110 Å². The number of rotatable bonds is 4. The van der Waals surface area contributed by atoms with Crippen molar-refractivity contribution in [3.63, 3.8) is 0 Å². The number of carboxylic acid groups (broad SMARTS) is 1. The first-order valence-electron chi connectivity index (χ1n) is 5.56. The van der Waals surface area contributed by atoms with Crippen molar-refractivity contribution < 1.29 is 14.6 Å². The molecule has 0 saturated heterocycles. The summed E-state index contributed by atoms with van der Waals surface area (Å²) < 4.78 is 7.13. The van der Waals surface area contributed by atoms with Crippen LogP contribution in [0.5, 0.6) is 5.75 Å². The lowest BCUT2D eigenvalue weighted by molar-refractivity contribution is -0.136. The molecule has 1 aromatic carbocycles. The first kappa shape index (κ1) is 12.8. The standard InChI is InChI=1S/C13H14ClNO3/c1-15-9(3-4-13(16)17)5-8-6-12(18-2)10(14)7-11(8)15/h5-7H,3-4H2,1-2H3,(H,16,17).